The molecule has 0 N–H and O–H groups in total. The molecule has 0 fully saturated rings. The van der Waals surface area contributed by atoms with E-state index in [0.717, 1.165) is 6.42 Å². The summed E-state index contributed by atoms with van der Waals surface area (Å²) in [7, 11) is 0. The average Bonchev–Trinajstić information content (AvgIpc) is 2.38. The molecule has 0 saturated carbocycles. The maximum absolute atomic E-state index is 11.2. The predicted molar refractivity (Wildman–Crippen MR) is 74.5 cm³/mol. The molecule has 0 heterocycles. The quantitative estimate of drug-likeness (QED) is 0.333. The van der Waals surface area contributed by atoms with Crippen LogP contribution in [0, 0.1) is 10.1 Å². The van der Waals surface area contributed by atoms with E-state index in [2.05, 4.69) is 0 Å². The normalized spacial score (nSPS) is 13.6. The minimum absolute atomic E-state index is 0.388. The number of hydrogen-bond acceptors (Lipinski definition) is 5. The molecule has 0 bridgehead atoms. The molecular formula is C13H17NO4S. The lowest BCUT2D eigenvalue weighted by molar-refractivity contribution is -0.507. The number of nitrogens with zero attached hydrogens (tertiary/aromatic N) is 1. The second-order valence-corrected chi connectivity index (χ2v) is 5.21. The predicted octanol–water partition coefficient (Wildman–Crippen LogP) is 3.04. The van der Waals surface area contributed by atoms with Gasteiger partial charge in [0.15, 0.2) is 0 Å². The average molecular weight is 283 g/mol. The highest BCUT2D eigenvalue weighted by Crippen LogP contribution is 2.31. The highest BCUT2D eigenvalue weighted by Gasteiger charge is 2.35. The van der Waals surface area contributed by atoms with Gasteiger partial charge >= 0.3 is 5.97 Å². The van der Waals surface area contributed by atoms with Crippen molar-refractivity contribution in [2.75, 3.05) is 5.75 Å². The van der Waals surface area contributed by atoms with Gasteiger partial charge in [0.05, 0.1) is 0 Å². The first-order valence-corrected chi connectivity index (χ1v) is 7.08. The Bertz CT molecular complexity index is 424. The molecule has 2 atom stereocenters. The van der Waals surface area contributed by atoms with Crippen molar-refractivity contribution >= 4 is 17.7 Å². The number of ether oxygens (including phenoxy) is 1. The van der Waals surface area contributed by atoms with Crippen LogP contribution in [0.4, 0.5) is 0 Å². The number of carbonyl (C=O) groups excluding carboxylic acids is 1. The minimum atomic E-state index is -0.980. The molecule has 0 aliphatic rings. The van der Waals surface area contributed by atoms with E-state index < -0.39 is 17.4 Å². The van der Waals surface area contributed by atoms with Gasteiger partial charge in [0.25, 0.3) is 5.37 Å². The van der Waals surface area contributed by atoms with E-state index in [-0.39, 0.29) is 4.92 Å². The number of rotatable bonds is 7. The minimum Gasteiger partial charge on any atom is -0.449 e. The van der Waals surface area contributed by atoms with E-state index in [0.29, 0.717) is 11.3 Å². The summed E-state index contributed by atoms with van der Waals surface area (Å²) >= 11 is 1.20. The molecular weight excluding hydrogens is 266 g/mol. The largest absolute Gasteiger partial charge is 0.449 e. The van der Waals surface area contributed by atoms with E-state index in [9.17, 15) is 14.9 Å². The number of benzene rings is 1. The van der Waals surface area contributed by atoms with Gasteiger partial charge in [-0.2, -0.15) is 0 Å². The van der Waals surface area contributed by atoms with Crippen molar-refractivity contribution in [2.45, 2.75) is 31.7 Å². The number of carbonyl (C=O) groups is 1. The molecule has 0 aromatic heterocycles. The lowest BCUT2D eigenvalue weighted by Gasteiger charge is -2.20. The Morgan fingerprint density at radius 1 is 1.42 bits per heavy atom. The molecule has 0 aliphatic heterocycles. The molecule has 5 nitrogen and oxygen atoms in total. The first-order chi connectivity index (χ1) is 9.06. The zero-order valence-electron chi connectivity index (χ0n) is 10.9. The molecule has 0 radical (unpaired) electrons. The van der Waals surface area contributed by atoms with Crippen LogP contribution in [0.2, 0.25) is 0 Å². The second kappa shape index (κ2) is 7.78. The zero-order chi connectivity index (χ0) is 14.3. The van der Waals surface area contributed by atoms with Crippen molar-refractivity contribution in [3.63, 3.8) is 0 Å². The van der Waals surface area contributed by atoms with Gasteiger partial charge in [-0.1, -0.05) is 49.0 Å². The Morgan fingerprint density at radius 2 is 2.05 bits per heavy atom. The van der Waals surface area contributed by atoms with E-state index in [4.69, 9.17) is 4.74 Å². The number of esters is 1. The summed E-state index contributed by atoms with van der Waals surface area (Å²) < 4.78 is 5.16. The molecule has 6 heteroatoms. The molecule has 104 valence electrons. The second-order valence-electron chi connectivity index (χ2n) is 3.99. The van der Waals surface area contributed by atoms with Crippen molar-refractivity contribution in [3.05, 3.63) is 46.0 Å². The van der Waals surface area contributed by atoms with Crippen LogP contribution in [-0.2, 0) is 9.53 Å². The van der Waals surface area contributed by atoms with Crippen molar-refractivity contribution in [2.24, 2.45) is 0 Å². The van der Waals surface area contributed by atoms with E-state index in [1.165, 1.54) is 18.7 Å². The third kappa shape index (κ3) is 4.90. The molecule has 19 heavy (non-hydrogen) atoms. The molecule has 0 aliphatic carbocycles. The summed E-state index contributed by atoms with van der Waals surface area (Å²) in [5.41, 5.74) is 0.642. The number of thioether (sulfide) groups is 1. The van der Waals surface area contributed by atoms with Gasteiger partial charge < -0.3 is 4.74 Å². The smallest absolute Gasteiger partial charge is 0.303 e. The molecule has 0 amide bonds. The first kappa shape index (κ1) is 15.5. The van der Waals surface area contributed by atoms with Gasteiger partial charge in [-0.25, -0.2) is 0 Å². The SMILES string of the molecule is CCCS[C@H]([C@H](OC(C)=O)c1ccccc1)[N+](=O)[O-]. The third-order valence-electron chi connectivity index (χ3n) is 2.38. The van der Waals surface area contributed by atoms with Crippen molar-refractivity contribution < 1.29 is 14.5 Å². The highest BCUT2D eigenvalue weighted by molar-refractivity contribution is 7.99. The maximum atomic E-state index is 11.2. The summed E-state index contributed by atoms with van der Waals surface area (Å²) in [6.45, 7) is 3.21. The van der Waals surface area contributed by atoms with Crippen LogP contribution < -0.4 is 0 Å². The molecule has 1 rings (SSSR count). The summed E-state index contributed by atoms with van der Waals surface area (Å²) in [4.78, 5) is 22.0. The van der Waals surface area contributed by atoms with Crippen LogP contribution in [0.3, 0.4) is 0 Å². The lowest BCUT2D eigenvalue weighted by Crippen LogP contribution is -2.28. The summed E-state index contributed by atoms with van der Waals surface area (Å²) in [5, 5.41) is 10.2. The Balaban J connectivity index is 2.99. The fraction of sp³-hybridized carbons (Fsp3) is 0.462. The van der Waals surface area contributed by atoms with Crippen LogP contribution in [0.25, 0.3) is 0 Å². The molecule has 0 saturated heterocycles. The molecule has 0 unspecified atom stereocenters. The van der Waals surface area contributed by atoms with Crippen molar-refractivity contribution in [1.29, 1.82) is 0 Å². The number of hydrogen-bond donors (Lipinski definition) is 0. The van der Waals surface area contributed by atoms with Gasteiger partial charge in [-0.15, -0.1) is 0 Å². The van der Waals surface area contributed by atoms with Crippen LogP contribution in [0.15, 0.2) is 30.3 Å². The first-order valence-electron chi connectivity index (χ1n) is 6.03. The lowest BCUT2D eigenvalue weighted by atomic mass is 10.1. The monoisotopic (exact) mass is 283 g/mol. The summed E-state index contributed by atoms with van der Waals surface area (Å²) in [6.07, 6.45) is -0.0263. The summed E-state index contributed by atoms with van der Waals surface area (Å²) in [6, 6.07) is 8.82. The number of nitro groups is 1. The Kier molecular flexibility index (Phi) is 6.35. The summed E-state index contributed by atoms with van der Waals surface area (Å²) in [5.74, 6) is 0.133. The fourth-order valence-electron chi connectivity index (χ4n) is 1.61. The molecule has 0 spiro atoms. The van der Waals surface area contributed by atoms with Crippen molar-refractivity contribution in [1.82, 2.24) is 0 Å². The van der Waals surface area contributed by atoms with Gasteiger partial charge in [0.1, 0.15) is 0 Å². The van der Waals surface area contributed by atoms with Crippen LogP contribution in [-0.4, -0.2) is 22.0 Å². The standard InChI is InChI=1S/C13H17NO4S/c1-3-9-19-13(14(16)17)12(18-10(2)15)11-7-5-4-6-8-11/h4-8,12-13H,3,9H2,1-2H3/t12-,13-/m1/s1. The highest BCUT2D eigenvalue weighted by atomic mass is 32.2. The van der Waals surface area contributed by atoms with Crippen LogP contribution >= 0.6 is 11.8 Å². The zero-order valence-corrected chi connectivity index (χ0v) is 11.8. The third-order valence-corrected chi connectivity index (χ3v) is 3.79. The topological polar surface area (TPSA) is 69.4 Å². The van der Waals surface area contributed by atoms with Gasteiger partial charge in [-0.05, 0) is 12.2 Å². The van der Waals surface area contributed by atoms with E-state index in [1.54, 1.807) is 24.3 Å². The van der Waals surface area contributed by atoms with Gasteiger partial charge in [0.2, 0.25) is 6.10 Å². The van der Waals surface area contributed by atoms with Crippen LogP contribution in [0.1, 0.15) is 31.9 Å². The fourth-order valence-corrected chi connectivity index (χ4v) is 2.60. The van der Waals surface area contributed by atoms with Gasteiger partial charge in [-0.3, -0.25) is 14.9 Å². The van der Waals surface area contributed by atoms with Crippen molar-refractivity contribution in [3.8, 4) is 0 Å². The Morgan fingerprint density at radius 3 is 2.53 bits per heavy atom. The molecule has 1 aromatic carbocycles. The molecule has 1 aromatic rings. The maximum Gasteiger partial charge on any atom is 0.303 e. The van der Waals surface area contributed by atoms with Gasteiger partial charge in [0, 0.05) is 17.4 Å². The van der Waals surface area contributed by atoms with Crippen LogP contribution in [0.5, 0.6) is 0 Å². The Hall–Kier alpha value is -1.56. The van der Waals surface area contributed by atoms with E-state index >= 15 is 0 Å². The van der Waals surface area contributed by atoms with E-state index in [1.807, 2.05) is 13.0 Å². The Labute approximate surface area is 116 Å².